The molecule has 0 bridgehead atoms. The van der Waals surface area contributed by atoms with Crippen LogP contribution in [0.1, 0.15) is 110 Å². The maximum atomic E-state index is 11.9. The molecule has 134 valence electrons. The predicted octanol–water partition coefficient (Wildman–Crippen LogP) is 6.82. The first-order valence-electron chi connectivity index (χ1n) is 10.1. The summed E-state index contributed by atoms with van der Waals surface area (Å²) in [5.41, 5.74) is 0. The Balaban J connectivity index is 3.24. The van der Waals surface area contributed by atoms with E-state index in [0.29, 0.717) is 6.04 Å². The highest BCUT2D eigenvalue weighted by Gasteiger charge is 2.16. The van der Waals surface area contributed by atoms with Gasteiger partial charge in [0.15, 0.2) is 0 Å². The van der Waals surface area contributed by atoms with Crippen LogP contribution in [0.5, 0.6) is 0 Å². The summed E-state index contributed by atoms with van der Waals surface area (Å²) in [6.07, 6.45) is 20.2. The lowest BCUT2D eigenvalue weighted by Crippen LogP contribution is -2.42. The van der Waals surface area contributed by atoms with Gasteiger partial charge in [0.25, 0.3) is 0 Å². The Bertz CT molecular complexity index is 222. The van der Waals surface area contributed by atoms with Crippen molar-refractivity contribution in [1.82, 2.24) is 0 Å². The third-order valence-electron chi connectivity index (χ3n) is 4.99. The topological polar surface area (TPSA) is 23.1 Å². The Labute approximate surface area is 140 Å². The third kappa shape index (κ3) is 13.6. The largest absolute Gasteiger partial charge is 0.633 e. The highest BCUT2D eigenvalue weighted by Crippen LogP contribution is 2.18. The summed E-state index contributed by atoms with van der Waals surface area (Å²) in [6.45, 7) is 4.42. The molecule has 1 unspecified atom stereocenters. The number of unbranched alkanes of at least 4 members (excludes halogenated alkanes) is 12. The van der Waals surface area contributed by atoms with Gasteiger partial charge in [0.05, 0.1) is 20.1 Å². The molecule has 0 amide bonds. The summed E-state index contributed by atoms with van der Waals surface area (Å²) in [6, 6.07) is 0.299. The molecule has 0 aromatic rings. The van der Waals surface area contributed by atoms with Gasteiger partial charge in [0.2, 0.25) is 0 Å². The van der Waals surface area contributed by atoms with Crippen molar-refractivity contribution < 1.29 is 4.65 Å². The molecule has 0 saturated carbocycles. The van der Waals surface area contributed by atoms with Gasteiger partial charge in [-0.25, -0.2) is 0 Å². The molecule has 0 aromatic carbocycles. The first kappa shape index (κ1) is 21.9. The monoisotopic (exact) mass is 313 g/mol. The van der Waals surface area contributed by atoms with Gasteiger partial charge in [-0.2, -0.15) is 0 Å². The molecule has 0 aliphatic heterocycles. The van der Waals surface area contributed by atoms with Crippen LogP contribution in [0, 0.1) is 5.21 Å². The molecule has 0 spiro atoms. The van der Waals surface area contributed by atoms with E-state index in [0.717, 1.165) is 12.8 Å². The van der Waals surface area contributed by atoms with Crippen molar-refractivity contribution in [2.75, 3.05) is 14.1 Å². The van der Waals surface area contributed by atoms with E-state index in [4.69, 9.17) is 0 Å². The summed E-state index contributed by atoms with van der Waals surface area (Å²) >= 11 is 0. The van der Waals surface area contributed by atoms with Crippen molar-refractivity contribution in [1.29, 1.82) is 0 Å². The van der Waals surface area contributed by atoms with Crippen molar-refractivity contribution >= 4 is 0 Å². The van der Waals surface area contributed by atoms with Crippen molar-refractivity contribution in [2.24, 2.45) is 0 Å². The average Bonchev–Trinajstić information content (AvgIpc) is 2.46. The van der Waals surface area contributed by atoms with Gasteiger partial charge in [-0.05, 0) is 19.3 Å². The quantitative estimate of drug-likeness (QED) is 0.174. The number of quaternary nitrogens is 1. The zero-order valence-electron chi connectivity index (χ0n) is 16.0. The second-order valence-electron chi connectivity index (χ2n) is 7.53. The molecule has 0 aliphatic carbocycles. The first-order valence-corrected chi connectivity index (χ1v) is 10.1. The highest BCUT2D eigenvalue weighted by molar-refractivity contribution is 4.58. The minimum Gasteiger partial charge on any atom is -0.633 e. The summed E-state index contributed by atoms with van der Waals surface area (Å²) in [4.78, 5) is 0. The SMILES string of the molecule is CCCCCCCCCCCCCCCC(CC)[N+](C)(C)[O-]. The number of hydrogen-bond acceptors (Lipinski definition) is 1. The molecule has 0 rings (SSSR count). The van der Waals surface area contributed by atoms with Gasteiger partial charge in [0, 0.05) is 0 Å². The van der Waals surface area contributed by atoms with Crippen LogP contribution >= 0.6 is 0 Å². The molecule has 0 aromatic heterocycles. The molecule has 22 heavy (non-hydrogen) atoms. The maximum Gasteiger partial charge on any atom is 0.0880 e. The molecule has 0 aliphatic rings. The lowest BCUT2D eigenvalue weighted by Gasteiger charge is -2.41. The van der Waals surface area contributed by atoms with Crippen LogP contribution in [0.15, 0.2) is 0 Å². The molecule has 2 heteroatoms. The van der Waals surface area contributed by atoms with Gasteiger partial charge >= 0.3 is 0 Å². The minimum atomic E-state index is -0.116. The van der Waals surface area contributed by atoms with Crippen molar-refractivity contribution in [2.45, 2.75) is 116 Å². The summed E-state index contributed by atoms with van der Waals surface area (Å²) < 4.78 is -0.116. The number of hydrogen-bond donors (Lipinski definition) is 0. The molecule has 2 nitrogen and oxygen atoms in total. The first-order chi connectivity index (χ1) is 10.5. The zero-order valence-corrected chi connectivity index (χ0v) is 16.0. The van der Waals surface area contributed by atoms with Crippen LogP contribution in [0.3, 0.4) is 0 Å². The van der Waals surface area contributed by atoms with Crippen LogP contribution in [-0.4, -0.2) is 24.8 Å². The fourth-order valence-corrected chi connectivity index (χ4v) is 3.35. The molecule has 0 saturated heterocycles. The van der Waals surface area contributed by atoms with E-state index in [1.807, 2.05) is 0 Å². The predicted molar refractivity (Wildman–Crippen MR) is 99.9 cm³/mol. The van der Waals surface area contributed by atoms with E-state index in [2.05, 4.69) is 13.8 Å². The molecular formula is C20H43NO. The molecule has 1 atom stereocenters. The number of hydroxylamine groups is 3. The van der Waals surface area contributed by atoms with Gasteiger partial charge < -0.3 is 9.85 Å². The van der Waals surface area contributed by atoms with Crippen molar-refractivity contribution in [3.63, 3.8) is 0 Å². The second-order valence-corrected chi connectivity index (χ2v) is 7.53. The van der Waals surface area contributed by atoms with Gasteiger partial charge in [0.1, 0.15) is 0 Å². The van der Waals surface area contributed by atoms with Gasteiger partial charge in [-0.1, -0.05) is 90.9 Å². The Hall–Kier alpha value is -0.0800. The highest BCUT2D eigenvalue weighted by atomic mass is 16.5. The molecule has 0 N–H and O–H groups in total. The van der Waals surface area contributed by atoms with Crippen LogP contribution in [-0.2, 0) is 0 Å². The minimum absolute atomic E-state index is 0.116. The Morgan fingerprint density at radius 3 is 1.32 bits per heavy atom. The lowest BCUT2D eigenvalue weighted by atomic mass is 10.0. The fourth-order valence-electron chi connectivity index (χ4n) is 3.35. The third-order valence-corrected chi connectivity index (χ3v) is 4.99. The van der Waals surface area contributed by atoms with E-state index >= 15 is 0 Å². The summed E-state index contributed by atoms with van der Waals surface area (Å²) in [7, 11) is 3.58. The Morgan fingerprint density at radius 1 is 0.636 bits per heavy atom. The van der Waals surface area contributed by atoms with Crippen molar-refractivity contribution in [3.8, 4) is 0 Å². The number of rotatable bonds is 16. The van der Waals surface area contributed by atoms with Crippen LogP contribution in [0.2, 0.25) is 0 Å². The Morgan fingerprint density at radius 2 is 1.00 bits per heavy atom. The summed E-state index contributed by atoms with van der Waals surface area (Å²) in [5, 5.41) is 11.9. The molecule has 0 radical (unpaired) electrons. The van der Waals surface area contributed by atoms with Crippen molar-refractivity contribution in [3.05, 3.63) is 5.21 Å². The van der Waals surface area contributed by atoms with Gasteiger partial charge in [-0.3, -0.25) is 0 Å². The fraction of sp³-hybridized carbons (Fsp3) is 1.00. The molecule has 0 fully saturated rings. The lowest BCUT2D eigenvalue weighted by molar-refractivity contribution is -0.867. The maximum absolute atomic E-state index is 11.9. The van der Waals surface area contributed by atoms with Crippen LogP contribution in [0.4, 0.5) is 0 Å². The normalized spacial score (nSPS) is 13.5. The standard InChI is InChI=1S/C20H43NO/c1-5-7-8-9-10-11-12-13-14-15-16-17-18-19-20(6-2)21(3,4)22/h20H,5-19H2,1-4H3. The van der Waals surface area contributed by atoms with E-state index in [9.17, 15) is 5.21 Å². The van der Waals surface area contributed by atoms with Gasteiger partial charge in [-0.15, -0.1) is 0 Å². The molecular weight excluding hydrogens is 270 g/mol. The van der Waals surface area contributed by atoms with E-state index in [-0.39, 0.29) is 4.65 Å². The average molecular weight is 314 g/mol. The van der Waals surface area contributed by atoms with E-state index < -0.39 is 0 Å². The van der Waals surface area contributed by atoms with Crippen LogP contribution < -0.4 is 0 Å². The smallest absolute Gasteiger partial charge is 0.0880 e. The Kier molecular flexibility index (Phi) is 14.5. The van der Waals surface area contributed by atoms with Crippen LogP contribution in [0.25, 0.3) is 0 Å². The number of nitrogens with zero attached hydrogens (tertiary/aromatic N) is 1. The van der Waals surface area contributed by atoms with E-state index in [1.54, 1.807) is 14.1 Å². The van der Waals surface area contributed by atoms with E-state index in [1.165, 1.54) is 83.5 Å². The molecule has 0 heterocycles. The second kappa shape index (κ2) is 14.5. The summed E-state index contributed by atoms with van der Waals surface area (Å²) in [5.74, 6) is 0. The zero-order chi connectivity index (χ0) is 16.7.